The lowest BCUT2D eigenvalue weighted by atomic mass is 10.0. The Kier molecular flexibility index (Phi) is 2.48. The molecule has 16 heavy (non-hydrogen) atoms. The zero-order valence-electron chi connectivity index (χ0n) is 10.4. The average Bonchev–Trinajstić information content (AvgIpc) is 2.57. The number of amides is 1. The molecule has 1 aromatic heterocycles. The molecule has 0 saturated carbocycles. The highest BCUT2D eigenvalue weighted by Gasteiger charge is 2.37. The summed E-state index contributed by atoms with van der Waals surface area (Å²) in [4.78, 5) is 13.5. The van der Waals surface area contributed by atoms with Crippen LogP contribution in [0, 0.1) is 6.92 Å². The van der Waals surface area contributed by atoms with Crippen molar-refractivity contribution >= 4 is 5.91 Å². The summed E-state index contributed by atoms with van der Waals surface area (Å²) in [6.07, 6.45) is 0. The molecule has 0 spiro atoms. The normalized spacial score (nSPS) is 29.1. The number of rotatable bonds is 0. The van der Waals surface area contributed by atoms with Crippen LogP contribution >= 0.6 is 0 Å². The number of aryl methyl sites for hydroxylation is 1. The van der Waals surface area contributed by atoms with Gasteiger partial charge < -0.3 is 9.47 Å². The first-order valence-corrected chi connectivity index (χ1v) is 5.65. The zero-order chi connectivity index (χ0) is 12.0. The predicted octanol–water partition coefficient (Wildman–Crippen LogP) is 1.46. The Hall–Kier alpha value is -1.39. The number of hydrogen-bond acceptors (Lipinski definition) is 3. The lowest BCUT2D eigenvalue weighted by Crippen LogP contribution is -2.48. The Morgan fingerprint density at radius 1 is 1.19 bits per heavy atom. The van der Waals surface area contributed by atoms with Gasteiger partial charge in [0.05, 0.1) is 18.1 Å². The number of carbonyl (C=O) groups is 1. The molecule has 1 aliphatic rings. The van der Waals surface area contributed by atoms with Gasteiger partial charge in [0.25, 0.3) is 0 Å². The average molecular weight is 222 g/mol. The van der Waals surface area contributed by atoms with E-state index in [2.05, 4.69) is 28.6 Å². The number of fused-ring (bicyclic) bond motifs is 1. The highest BCUT2D eigenvalue weighted by atomic mass is 16.2. The van der Waals surface area contributed by atoms with Gasteiger partial charge in [0, 0.05) is 6.92 Å². The molecule has 1 aromatic rings. The van der Waals surface area contributed by atoms with E-state index in [0.29, 0.717) is 0 Å². The molecular formula is C11H18N4O. The maximum absolute atomic E-state index is 11.7. The van der Waals surface area contributed by atoms with E-state index >= 15 is 0 Å². The minimum absolute atomic E-state index is 0.00454. The van der Waals surface area contributed by atoms with Crippen LogP contribution in [-0.4, -0.2) is 31.6 Å². The van der Waals surface area contributed by atoms with Gasteiger partial charge in [-0.1, -0.05) is 0 Å². The van der Waals surface area contributed by atoms with Crippen molar-refractivity contribution in [2.24, 2.45) is 0 Å². The molecule has 5 nitrogen and oxygen atoms in total. The third kappa shape index (κ3) is 1.34. The summed E-state index contributed by atoms with van der Waals surface area (Å²) in [5.41, 5.74) is 0. The van der Waals surface area contributed by atoms with Crippen molar-refractivity contribution in [1.82, 2.24) is 19.7 Å². The first kappa shape index (κ1) is 11.1. The lowest BCUT2D eigenvalue weighted by molar-refractivity contribution is -0.135. The minimum atomic E-state index is 0.00454. The Balaban J connectivity index is 2.52. The van der Waals surface area contributed by atoms with E-state index in [-0.39, 0.29) is 24.0 Å². The van der Waals surface area contributed by atoms with Gasteiger partial charge in [0.1, 0.15) is 5.82 Å². The third-order valence-electron chi connectivity index (χ3n) is 3.59. The van der Waals surface area contributed by atoms with Gasteiger partial charge in [-0.15, -0.1) is 10.2 Å². The fourth-order valence-electron chi connectivity index (χ4n) is 2.66. The second-order valence-corrected chi connectivity index (χ2v) is 4.56. The molecule has 0 bridgehead atoms. The summed E-state index contributed by atoms with van der Waals surface area (Å²) in [5, 5.41) is 8.28. The summed E-state index contributed by atoms with van der Waals surface area (Å²) in [5.74, 6) is 1.90. The Morgan fingerprint density at radius 2 is 1.81 bits per heavy atom. The van der Waals surface area contributed by atoms with Crippen LogP contribution < -0.4 is 0 Å². The summed E-state index contributed by atoms with van der Waals surface area (Å²) < 4.78 is 2.13. The molecule has 1 amide bonds. The Labute approximate surface area is 95.5 Å². The second-order valence-electron chi connectivity index (χ2n) is 4.56. The molecule has 0 N–H and O–H groups in total. The van der Waals surface area contributed by atoms with E-state index in [0.717, 1.165) is 11.6 Å². The first-order valence-electron chi connectivity index (χ1n) is 5.65. The van der Waals surface area contributed by atoms with Crippen LogP contribution in [0.25, 0.3) is 0 Å². The van der Waals surface area contributed by atoms with Crippen LogP contribution in [0.4, 0.5) is 0 Å². The maximum atomic E-state index is 11.7. The number of nitrogens with zero attached hydrogens (tertiary/aromatic N) is 4. The van der Waals surface area contributed by atoms with Crippen molar-refractivity contribution in [2.75, 3.05) is 0 Å². The summed E-state index contributed by atoms with van der Waals surface area (Å²) in [7, 11) is 0. The van der Waals surface area contributed by atoms with E-state index in [9.17, 15) is 4.79 Å². The van der Waals surface area contributed by atoms with Gasteiger partial charge in [-0.3, -0.25) is 4.79 Å². The highest BCUT2D eigenvalue weighted by molar-refractivity contribution is 5.74. The van der Waals surface area contributed by atoms with Crippen molar-refractivity contribution in [3.8, 4) is 0 Å². The fraction of sp³-hybridized carbons (Fsp3) is 0.727. The Morgan fingerprint density at radius 3 is 2.38 bits per heavy atom. The molecule has 5 heteroatoms. The molecule has 0 radical (unpaired) electrons. The van der Waals surface area contributed by atoms with E-state index in [1.165, 1.54) is 0 Å². The molecule has 1 aliphatic heterocycles. The molecule has 2 rings (SSSR count). The number of aromatic nitrogens is 3. The number of carbonyl (C=O) groups excluding carboxylic acids is 1. The quantitative estimate of drug-likeness (QED) is 0.667. The minimum Gasteiger partial charge on any atom is -0.328 e. The van der Waals surface area contributed by atoms with Gasteiger partial charge in [0.15, 0.2) is 5.82 Å². The van der Waals surface area contributed by atoms with Gasteiger partial charge in [0.2, 0.25) is 5.91 Å². The largest absolute Gasteiger partial charge is 0.328 e. The second kappa shape index (κ2) is 3.57. The predicted molar refractivity (Wildman–Crippen MR) is 59.9 cm³/mol. The molecule has 0 fully saturated rings. The van der Waals surface area contributed by atoms with Crippen molar-refractivity contribution in [3.05, 3.63) is 11.6 Å². The molecule has 3 unspecified atom stereocenters. The number of hydrogen-bond donors (Lipinski definition) is 0. The van der Waals surface area contributed by atoms with E-state index in [1.807, 2.05) is 18.7 Å². The van der Waals surface area contributed by atoms with Gasteiger partial charge in [-0.05, 0) is 27.7 Å². The monoisotopic (exact) mass is 222 g/mol. The maximum Gasteiger partial charge on any atom is 0.220 e. The van der Waals surface area contributed by atoms with Gasteiger partial charge in [-0.2, -0.15) is 0 Å². The molecule has 3 atom stereocenters. The summed E-state index contributed by atoms with van der Waals surface area (Å²) >= 11 is 0. The van der Waals surface area contributed by atoms with Crippen molar-refractivity contribution in [1.29, 1.82) is 0 Å². The van der Waals surface area contributed by atoms with Crippen LogP contribution in [0.3, 0.4) is 0 Å². The smallest absolute Gasteiger partial charge is 0.220 e. The van der Waals surface area contributed by atoms with Crippen LogP contribution in [0.15, 0.2) is 0 Å². The van der Waals surface area contributed by atoms with Crippen LogP contribution in [-0.2, 0) is 4.79 Å². The van der Waals surface area contributed by atoms with Crippen molar-refractivity contribution in [2.45, 2.75) is 52.7 Å². The molecule has 0 saturated heterocycles. The Bertz CT molecular complexity index is 426. The van der Waals surface area contributed by atoms with Gasteiger partial charge in [-0.25, -0.2) is 0 Å². The van der Waals surface area contributed by atoms with Crippen molar-refractivity contribution < 1.29 is 4.79 Å². The molecular weight excluding hydrogens is 204 g/mol. The van der Waals surface area contributed by atoms with Crippen LogP contribution in [0.2, 0.25) is 0 Å². The molecule has 2 heterocycles. The molecule has 0 aromatic carbocycles. The summed E-state index contributed by atoms with van der Waals surface area (Å²) in [6, 6.07) is 0.407. The molecule has 88 valence electrons. The standard InChI is InChI=1S/C11H18N4O/c1-6-7(2)15-9(4)12-13-11(15)8(3)14(6)10(5)16/h6-8H,1-5H3. The van der Waals surface area contributed by atoms with Gasteiger partial charge >= 0.3 is 0 Å². The van der Waals surface area contributed by atoms with E-state index < -0.39 is 0 Å². The lowest BCUT2D eigenvalue weighted by Gasteiger charge is -2.42. The van der Waals surface area contributed by atoms with Crippen molar-refractivity contribution in [3.63, 3.8) is 0 Å². The topological polar surface area (TPSA) is 51.0 Å². The van der Waals surface area contributed by atoms with Crippen LogP contribution in [0.5, 0.6) is 0 Å². The van der Waals surface area contributed by atoms with E-state index in [4.69, 9.17) is 0 Å². The fourth-order valence-corrected chi connectivity index (χ4v) is 2.66. The third-order valence-corrected chi connectivity index (χ3v) is 3.59. The molecule has 0 aliphatic carbocycles. The first-order chi connectivity index (χ1) is 7.45. The van der Waals surface area contributed by atoms with E-state index in [1.54, 1.807) is 6.92 Å². The van der Waals surface area contributed by atoms with Crippen LogP contribution in [0.1, 0.15) is 51.4 Å². The highest BCUT2D eigenvalue weighted by Crippen LogP contribution is 2.34. The zero-order valence-corrected chi connectivity index (χ0v) is 10.4. The summed E-state index contributed by atoms with van der Waals surface area (Å²) in [6.45, 7) is 9.75. The SMILES string of the molecule is CC(=O)N1C(C)c2nnc(C)n2C(C)C1C.